The number of imidazole rings is 1. The van der Waals surface area contributed by atoms with Gasteiger partial charge < -0.3 is 10.1 Å². The Morgan fingerprint density at radius 1 is 1.42 bits per heavy atom. The van der Waals surface area contributed by atoms with Crippen molar-refractivity contribution in [3.63, 3.8) is 0 Å². The molecule has 1 saturated heterocycles. The molecule has 1 atom stereocenters. The quantitative estimate of drug-likeness (QED) is 0.919. The molecule has 0 saturated carbocycles. The number of hydrogen-bond acceptors (Lipinski definition) is 3. The molecule has 3 rings (SSSR count). The third-order valence-electron chi connectivity index (χ3n) is 4.18. The fourth-order valence-corrected chi connectivity index (χ4v) is 3.10. The predicted molar refractivity (Wildman–Crippen MR) is 76.9 cm³/mol. The van der Waals surface area contributed by atoms with Crippen molar-refractivity contribution in [3.05, 3.63) is 35.9 Å². The predicted octanol–water partition coefficient (Wildman–Crippen LogP) is 2.34. The van der Waals surface area contributed by atoms with Crippen molar-refractivity contribution in [1.29, 1.82) is 0 Å². The molecular formula is C15H22N4. The van der Waals surface area contributed by atoms with Crippen LogP contribution >= 0.6 is 0 Å². The highest BCUT2D eigenvalue weighted by Crippen LogP contribution is 2.30. The van der Waals surface area contributed by atoms with Crippen molar-refractivity contribution >= 4 is 5.52 Å². The molecule has 2 N–H and O–H groups in total. The van der Waals surface area contributed by atoms with E-state index in [0.29, 0.717) is 12.6 Å². The summed E-state index contributed by atoms with van der Waals surface area (Å²) >= 11 is 0. The van der Waals surface area contributed by atoms with Gasteiger partial charge >= 0.3 is 0 Å². The topological polar surface area (TPSA) is 46.6 Å². The monoisotopic (exact) mass is 258 g/mol. The normalized spacial score (nSPS) is 21.1. The van der Waals surface area contributed by atoms with Crippen molar-refractivity contribution in [3.8, 4) is 0 Å². The molecule has 0 amide bonds. The molecule has 4 heteroatoms. The van der Waals surface area contributed by atoms with Gasteiger partial charge in [-0.15, -0.1) is 0 Å². The Balaban J connectivity index is 1.99. The summed E-state index contributed by atoms with van der Waals surface area (Å²) < 4.78 is 2.22. The van der Waals surface area contributed by atoms with E-state index in [-0.39, 0.29) is 0 Å². The van der Waals surface area contributed by atoms with E-state index in [0.717, 1.165) is 17.6 Å². The summed E-state index contributed by atoms with van der Waals surface area (Å²) in [7, 11) is 0. The maximum atomic E-state index is 5.70. The summed E-state index contributed by atoms with van der Waals surface area (Å²) in [6.07, 6.45) is 7.91. The maximum Gasteiger partial charge on any atom is 0.130 e. The summed E-state index contributed by atoms with van der Waals surface area (Å²) in [5, 5.41) is 0. The standard InChI is InChI=1S/C15H22N4/c1-2-18-7-4-3-5-14(18)15-17-11-13-9-12(10-16)6-8-19(13)15/h6,8-9,11,14H,2-5,7,10,16H2,1H3. The molecule has 0 aromatic carbocycles. The molecule has 2 aromatic rings. The summed E-state index contributed by atoms with van der Waals surface area (Å²) in [5.74, 6) is 1.18. The highest BCUT2D eigenvalue weighted by molar-refractivity contribution is 5.48. The van der Waals surface area contributed by atoms with Crippen LogP contribution in [0.5, 0.6) is 0 Å². The minimum atomic E-state index is 0.463. The number of fused-ring (bicyclic) bond motifs is 1. The van der Waals surface area contributed by atoms with Crippen LogP contribution in [0.15, 0.2) is 24.5 Å². The van der Waals surface area contributed by atoms with Crippen molar-refractivity contribution in [2.75, 3.05) is 13.1 Å². The number of hydrogen-bond donors (Lipinski definition) is 1. The number of pyridine rings is 1. The number of rotatable bonds is 3. The van der Waals surface area contributed by atoms with Crippen molar-refractivity contribution < 1.29 is 0 Å². The van der Waals surface area contributed by atoms with E-state index >= 15 is 0 Å². The van der Waals surface area contributed by atoms with Gasteiger partial charge in [-0.25, -0.2) is 4.98 Å². The summed E-state index contributed by atoms with van der Waals surface area (Å²) in [4.78, 5) is 7.21. The lowest BCUT2D eigenvalue weighted by Gasteiger charge is -2.33. The lowest BCUT2D eigenvalue weighted by Crippen LogP contribution is -2.34. The average molecular weight is 258 g/mol. The second-order valence-corrected chi connectivity index (χ2v) is 5.29. The minimum absolute atomic E-state index is 0.463. The Labute approximate surface area is 114 Å². The zero-order valence-corrected chi connectivity index (χ0v) is 11.5. The Hall–Kier alpha value is -1.39. The zero-order valence-electron chi connectivity index (χ0n) is 11.5. The van der Waals surface area contributed by atoms with Crippen molar-refractivity contribution in [1.82, 2.24) is 14.3 Å². The molecule has 0 spiro atoms. The molecule has 19 heavy (non-hydrogen) atoms. The minimum Gasteiger partial charge on any atom is -0.326 e. The highest BCUT2D eigenvalue weighted by Gasteiger charge is 2.25. The molecule has 1 aliphatic rings. The first-order valence-corrected chi connectivity index (χ1v) is 7.23. The van der Waals surface area contributed by atoms with Gasteiger partial charge in [0.15, 0.2) is 0 Å². The van der Waals surface area contributed by atoms with E-state index in [1.165, 1.54) is 31.6 Å². The maximum absolute atomic E-state index is 5.70. The van der Waals surface area contributed by atoms with Crippen LogP contribution in [0.3, 0.4) is 0 Å². The lowest BCUT2D eigenvalue weighted by atomic mass is 10.0. The SMILES string of the molecule is CCN1CCCCC1c1ncc2cc(CN)ccn12. The van der Waals surface area contributed by atoms with Crippen LogP contribution < -0.4 is 5.73 Å². The first kappa shape index (κ1) is 12.6. The Morgan fingerprint density at radius 3 is 3.11 bits per heavy atom. The molecule has 1 fully saturated rings. The molecule has 2 aromatic heterocycles. The van der Waals surface area contributed by atoms with Crippen molar-refractivity contribution in [2.24, 2.45) is 5.73 Å². The van der Waals surface area contributed by atoms with E-state index in [1.54, 1.807) is 0 Å². The second kappa shape index (κ2) is 5.31. The fraction of sp³-hybridized carbons (Fsp3) is 0.533. The molecule has 4 nitrogen and oxygen atoms in total. The average Bonchev–Trinajstić information content (AvgIpc) is 2.89. The summed E-state index contributed by atoms with van der Waals surface area (Å²) in [6.45, 7) is 5.11. The van der Waals surface area contributed by atoms with Crippen LogP contribution in [0, 0.1) is 0 Å². The highest BCUT2D eigenvalue weighted by atomic mass is 15.2. The fourth-order valence-electron chi connectivity index (χ4n) is 3.10. The van der Waals surface area contributed by atoms with Gasteiger partial charge in [-0.05, 0) is 43.6 Å². The van der Waals surface area contributed by atoms with Crippen LogP contribution in [-0.4, -0.2) is 27.4 Å². The Morgan fingerprint density at radius 2 is 2.32 bits per heavy atom. The van der Waals surface area contributed by atoms with E-state index in [1.807, 2.05) is 6.20 Å². The molecule has 3 heterocycles. The molecule has 102 valence electrons. The molecule has 0 bridgehead atoms. The zero-order chi connectivity index (χ0) is 13.2. The van der Waals surface area contributed by atoms with E-state index in [9.17, 15) is 0 Å². The largest absolute Gasteiger partial charge is 0.326 e. The molecule has 1 unspecified atom stereocenters. The molecule has 0 aliphatic carbocycles. The van der Waals surface area contributed by atoms with Gasteiger partial charge in [-0.3, -0.25) is 4.90 Å². The summed E-state index contributed by atoms with van der Waals surface area (Å²) in [5.41, 5.74) is 8.01. The number of nitrogens with zero attached hydrogens (tertiary/aromatic N) is 3. The van der Waals surface area contributed by atoms with Crippen LogP contribution in [0.2, 0.25) is 0 Å². The van der Waals surface area contributed by atoms with Crippen LogP contribution in [0.1, 0.15) is 43.6 Å². The molecule has 1 aliphatic heterocycles. The smallest absolute Gasteiger partial charge is 0.130 e. The van der Waals surface area contributed by atoms with Crippen molar-refractivity contribution in [2.45, 2.75) is 38.8 Å². The molecular weight excluding hydrogens is 236 g/mol. The summed E-state index contributed by atoms with van der Waals surface area (Å²) in [6, 6.07) is 4.69. The van der Waals surface area contributed by atoms with Gasteiger partial charge in [0.1, 0.15) is 5.82 Å². The Bertz CT molecular complexity index is 560. The van der Waals surface area contributed by atoms with Gasteiger partial charge in [0.05, 0.1) is 17.8 Å². The van der Waals surface area contributed by atoms with E-state index < -0.39 is 0 Å². The van der Waals surface area contributed by atoms with E-state index in [4.69, 9.17) is 5.73 Å². The van der Waals surface area contributed by atoms with Gasteiger partial charge in [-0.2, -0.15) is 0 Å². The van der Waals surface area contributed by atoms with Gasteiger partial charge in [0, 0.05) is 12.7 Å². The first-order chi connectivity index (χ1) is 9.33. The third kappa shape index (κ3) is 2.26. The number of likely N-dealkylation sites (tertiary alicyclic amines) is 1. The number of piperidine rings is 1. The van der Waals surface area contributed by atoms with Crippen LogP contribution in [0.4, 0.5) is 0 Å². The van der Waals surface area contributed by atoms with Gasteiger partial charge in [0.2, 0.25) is 0 Å². The van der Waals surface area contributed by atoms with Gasteiger partial charge in [0.25, 0.3) is 0 Å². The van der Waals surface area contributed by atoms with E-state index in [2.05, 4.69) is 39.5 Å². The third-order valence-corrected chi connectivity index (χ3v) is 4.18. The van der Waals surface area contributed by atoms with Crippen LogP contribution in [-0.2, 0) is 6.54 Å². The Kier molecular flexibility index (Phi) is 3.53. The van der Waals surface area contributed by atoms with Gasteiger partial charge in [-0.1, -0.05) is 13.3 Å². The number of nitrogens with two attached hydrogens (primary N) is 1. The second-order valence-electron chi connectivity index (χ2n) is 5.29. The lowest BCUT2D eigenvalue weighted by molar-refractivity contribution is 0.149. The first-order valence-electron chi connectivity index (χ1n) is 7.23. The van der Waals surface area contributed by atoms with Crippen LogP contribution in [0.25, 0.3) is 5.52 Å². The number of aromatic nitrogens is 2. The molecule has 0 radical (unpaired) electrons.